The van der Waals surface area contributed by atoms with Crippen LogP contribution in [0.25, 0.3) is 11.1 Å². The van der Waals surface area contributed by atoms with Crippen LogP contribution in [0.5, 0.6) is 0 Å². The van der Waals surface area contributed by atoms with Gasteiger partial charge in [-0.25, -0.2) is 0 Å². The summed E-state index contributed by atoms with van der Waals surface area (Å²) in [5.74, 6) is 0. The molecule has 4 heteroatoms. The van der Waals surface area contributed by atoms with Crippen molar-refractivity contribution in [3.63, 3.8) is 0 Å². The van der Waals surface area contributed by atoms with Crippen molar-refractivity contribution in [2.75, 3.05) is 0 Å². The van der Waals surface area contributed by atoms with E-state index >= 15 is 0 Å². The smallest absolute Gasteiger partial charge is 0.427 e. The summed E-state index contributed by atoms with van der Waals surface area (Å²) in [5.41, 5.74) is 6.49. The second kappa shape index (κ2) is 4.55. The number of fused-ring (bicyclic) bond motifs is 1. The zero-order valence-corrected chi connectivity index (χ0v) is 10.9. The van der Waals surface area contributed by atoms with Crippen LogP contribution >= 0.6 is 0 Å². The normalized spacial score (nSPS) is 13.1. The lowest BCUT2D eigenvalue weighted by Gasteiger charge is -2.14. The quantitative estimate of drug-likeness (QED) is 0.788. The van der Waals surface area contributed by atoms with Crippen LogP contribution in [-0.2, 0) is 4.76 Å². The molecule has 1 heterocycles. The van der Waals surface area contributed by atoms with Crippen LogP contribution in [0.4, 0.5) is 0 Å². The number of hydrogen-bond donors (Lipinski definition) is 1. The molecule has 0 fully saturated rings. The molecule has 0 spiro atoms. The molecule has 2 aromatic carbocycles. The lowest BCUT2D eigenvalue weighted by atomic mass is 9.75. The van der Waals surface area contributed by atoms with Gasteiger partial charge >= 0.3 is 7.12 Å². The van der Waals surface area contributed by atoms with Crippen LogP contribution in [0.1, 0.15) is 16.7 Å². The number of rotatable bonds is 1. The molecule has 94 valence electrons. The predicted octanol–water partition coefficient (Wildman–Crippen LogP) is 2.02. The van der Waals surface area contributed by atoms with Crippen molar-refractivity contribution >= 4 is 18.8 Å². The molecule has 0 atom stereocenters. The van der Waals surface area contributed by atoms with Crippen molar-refractivity contribution in [3.05, 3.63) is 53.1 Å². The van der Waals surface area contributed by atoms with Gasteiger partial charge in [0.2, 0.25) is 0 Å². The summed E-state index contributed by atoms with van der Waals surface area (Å²) in [6.07, 6.45) is 1.63. The molecule has 1 N–H and O–H groups in total. The van der Waals surface area contributed by atoms with Gasteiger partial charge < -0.3 is 9.78 Å². The zero-order chi connectivity index (χ0) is 13.4. The fourth-order valence-corrected chi connectivity index (χ4v) is 2.21. The van der Waals surface area contributed by atoms with Gasteiger partial charge in [-0.3, -0.25) is 0 Å². The van der Waals surface area contributed by atoms with E-state index in [0.717, 1.165) is 16.6 Å². The van der Waals surface area contributed by atoms with Crippen molar-refractivity contribution in [2.45, 2.75) is 13.8 Å². The molecule has 0 saturated heterocycles. The van der Waals surface area contributed by atoms with Crippen LogP contribution in [0.15, 0.2) is 41.6 Å². The van der Waals surface area contributed by atoms with Crippen molar-refractivity contribution in [1.82, 2.24) is 0 Å². The van der Waals surface area contributed by atoms with E-state index in [4.69, 9.17) is 4.76 Å². The van der Waals surface area contributed by atoms with E-state index in [-0.39, 0.29) is 0 Å². The fourth-order valence-electron chi connectivity index (χ4n) is 2.21. The molecule has 19 heavy (non-hydrogen) atoms. The van der Waals surface area contributed by atoms with Gasteiger partial charge in [0, 0.05) is 5.46 Å². The molecule has 0 unspecified atom stereocenters. The third-order valence-corrected chi connectivity index (χ3v) is 3.55. The highest BCUT2D eigenvalue weighted by atomic mass is 16.6. The SMILES string of the molecule is Cc1ccc(-c2ccc3c(c2)C=NOB3O)cc1C. The Hall–Kier alpha value is -2.07. The highest BCUT2D eigenvalue weighted by molar-refractivity contribution is 6.62. The van der Waals surface area contributed by atoms with Crippen molar-refractivity contribution < 1.29 is 9.78 Å². The number of aryl methyl sites for hydroxylation is 2. The molecule has 0 radical (unpaired) electrons. The second-order valence-corrected chi connectivity index (χ2v) is 4.84. The standard InChI is InChI=1S/C15H14BNO2/c1-10-3-4-12(7-11(10)2)13-5-6-15-14(8-13)9-17-19-16(15)18/h3-9,18H,1-2H3. The third kappa shape index (κ3) is 2.15. The van der Waals surface area contributed by atoms with E-state index in [1.165, 1.54) is 16.7 Å². The summed E-state index contributed by atoms with van der Waals surface area (Å²) in [7, 11) is -0.964. The minimum atomic E-state index is -0.964. The Morgan fingerprint density at radius 2 is 1.74 bits per heavy atom. The van der Waals surface area contributed by atoms with E-state index in [0.29, 0.717) is 0 Å². The molecule has 0 saturated carbocycles. The Balaban J connectivity index is 2.07. The molecule has 2 aromatic rings. The average molecular weight is 251 g/mol. The molecule has 0 amide bonds. The Labute approximate surface area is 112 Å². The Kier molecular flexibility index (Phi) is 2.88. The van der Waals surface area contributed by atoms with Gasteiger partial charge in [0.1, 0.15) is 0 Å². The number of oxime groups is 1. The van der Waals surface area contributed by atoms with Crippen LogP contribution in [-0.4, -0.2) is 18.4 Å². The van der Waals surface area contributed by atoms with Gasteiger partial charge in [0.25, 0.3) is 0 Å². The first kappa shape index (κ1) is 12.0. The van der Waals surface area contributed by atoms with Gasteiger partial charge in [-0.2, -0.15) is 0 Å². The Bertz CT molecular complexity index is 667. The summed E-state index contributed by atoms with van der Waals surface area (Å²) < 4.78 is 4.81. The van der Waals surface area contributed by atoms with Crippen LogP contribution in [0, 0.1) is 13.8 Å². The molecule has 0 bridgehead atoms. The van der Waals surface area contributed by atoms with Gasteiger partial charge in [-0.15, -0.1) is 5.16 Å². The van der Waals surface area contributed by atoms with E-state index in [9.17, 15) is 5.02 Å². The molecule has 0 aliphatic carbocycles. The highest BCUT2D eigenvalue weighted by Crippen LogP contribution is 2.22. The molecular formula is C15H14BNO2. The largest absolute Gasteiger partial charge is 0.583 e. The van der Waals surface area contributed by atoms with Crippen LogP contribution < -0.4 is 5.46 Å². The number of hydrogen-bond acceptors (Lipinski definition) is 3. The highest BCUT2D eigenvalue weighted by Gasteiger charge is 2.24. The molecular weight excluding hydrogens is 237 g/mol. The first-order valence-corrected chi connectivity index (χ1v) is 6.24. The van der Waals surface area contributed by atoms with Gasteiger partial charge in [-0.05, 0) is 47.7 Å². The molecule has 1 aliphatic rings. The maximum atomic E-state index is 9.67. The Morgan fingerprint density at radius 1 is 1.00 bits per heavy atom. The van der Waals surface area contributed by atoms with Gasteiger partial charge in [-0.1, -0.05) is 30.3 Å². The van der Waals surface area contributed by atoms with E-state index in [1.54, 1.807) is 6.21 Å². The Morgan fingerprint density at radius 3 is 2.53 bits per heavy atom. The van der Waals surface area contributed by atoms with E-state index in [1.807, 2.05) is 18.2 Å². The number of benzene rings is 2. The summed E-state index contributed by atoms with van der Waals surface area (Å²) in [6, 6.07) is 12.3. The van der Waals surface area contributed by atoms with Crippen molar-refractivity contribution in [3.8, 4) is 11.1 Å². The lowest BCUT2D eigenvalue weighted by Crippen LogP contribution is -2.37. The molecule has 1 aliphatic heterocycles. The topological polar surface area (TPSA) is 41.8 Å². The lowest BCUT2D eigenvalue weighted by molar-refractivity contribution is 0.286. The monoisotopic (exact) mass is 251 g/mol. The van der Waals surface area contributed by atoms with E-state index in [2.05, 4.69) is 37.2 Å². The average Bonchev–Trinajstić information content (AvgIpc) is 2.42. The number of nitrogens with zero attached hydrogens (tertiary/aromatic N) is 1. The molecule has 3 nitrogen and oxygen atoms in total. The molecule has 0 aromatic heterocycles. The van der Waals surface area contributed by atoms with Crippen molar-refractivity contribution in [1.29, 1.82) is 0 Å². The maximum absolute atomic E-state index is 9.67. The van der Waals surface area contributed by atoms with Gasteiger partial charge in [0.05, 0.1) is 6.21 Å². The molecule has 3 rings (SSSR count). The minimum absolute atomic E-state index is 0.752. The summed E-state index contributed by atoms with van der Waals surface area (Å²) in [5, 5.41) is 13.4. The van der Waals surface area contributed by atoms with Gasteiger partial charge in [0.15, 0.2) is 0 Å². The third-order valence-electron chi connectivity index (χ3n) is 3.55. The predicted molar refractivity (Wildman–Crippen MR) is 77.6 cm³/mol. The fraction of sp³-hybridized carbons (Fsp3) is 0.133. The first-order valence-electron chi connectivity index (χ1n) is 6.24. The first-order chi connectivity index (χ1) is 9.15. The second-order valence-electron chi connectivity index (χ2n) is 4.84. The zero-order valence-electron chi connectivity index (χ0n) is 10.9. The van der Waals surface area contributed by atoms with Crippen LogP contribution in [0.2, 0.25) is 0 Å². The summed E-state index contributed by atoms with van der Waals surface area (Å²) in [4.78, 5) is 0. The van der Waals surface area contributed by atoms with Crippen LogP contribution in [0.3, 0.4) is 0 Å². The maximum Gasteiger partial charge on any atom is 0.583 e. The summed E-state index contributed by atoms with van der Waals surface area (Å²) >= 11 is 0. The minimum Gasteiger partial charge on any atom is -0.427 e. The van der Waals surface area contributed by atoms with E-state index < -0.39 is 7.12 Å². The summed E-state index contributed by atoms with van der Waals surface area (Å²) in [6.45, 7) is 4.21. The van der Waals surface area contributed by atoms with Crippen molar-refractivity contribution in [2.24, 2.45) is 5.16 Å².